The lowest BCUT2D eigenvalue weighted by molar-refractivity contribution is -0.124. The van der Waals surface area contributed by atoms with E-state index in [2.05, 4.69) is 15.3 Å². The molecular weight excluding hydrogens is 264 g/mol. The molecule has 2 aliphatic heterocycles. The van der Waals surface area contributed by atoms with Gasteiger partial charge in [-0.3, -0.25) is 14.4 Å². The highest BCUT2D eigenvalue weighted by molar-refractivity contribution is 5.84. The molecule has 1 aromatic rings. The van der Waals surface area contributed by atoms with Gasteiger partial charge in [0.15, 0.2) is 0 Å². The Morgan fingerprint density at radius 1 is 1.38 bits per heavy atom. The molecule has 0 bridgehead atoms. The van der Waals surface area contributed by atoms with Crippen LogP contribution >= 0.6 is 0 Å². The number of nitrogens with zero attached hydrogens (tertiary/aromatic N) is 3. The Morgan fingerprint density at radius 2 is 2.19 bits per heavy atom. The maximum atomic E-state index is 12.6. The molecule has 3 rings (SSSR count). The van der Waals surface area contributed by atoms with Crippen molar-refractivity contribution in [3.8, 4) is 0 Å². The van der Waals surface area contributed by atoms with Crippen LogP contribution in [0.4, 0.5) is 0 Å². The smallest absolute Gasteiger partial charge is 0.150 e. The molecule has 0 spiro atoms. The van der Waals surface area contributed by atoms with Gasteiger partial charge < -0.3 is 5.32 Å². The van der Waals surface area contributed by atoms with E-state index >= 15 is 0 Å². The normalized spacial score (nSPS) is 24.5. The Kier molecular flexibility index (Phi) is 4.70. The first-order valence-corrected chi connectivity index (χ1v) is 8.21. The van der Waals surface area contributed by atoms with Crippen LogP contribution in [0.2, 0.25) is 0 Å². The van der Waals surface area contributed by atoms with Gasteiger partial charge in [-0.25, -0.2) is 0 Å². The average Bonchev–Trinajstić information content (AvgIpc) is 3.14. The minimum Gasteiger partial charge on any atom is -0.317 e. The molecule has 1 atom stereocenters. The zero-order valence-corrected chi connectivity index (χ0v) is 12.9. The summed E-state index contributed by atoms with van der Waals surface area (Å²) in [4.78, 5) is 15.1. The fourth-order valence-electron chi connectivity index (χ4n) is 3.75. The summed E-state index contributed by atoms with van der Waals surface area (Å²) in [5, 5.41) is 7.58. The van der Waals surface area contributed by atoms with Crippen molar-refractivity contribution in [1.29, 1.82) is 0 Å². The molecule has 2 aliphatic rings. The molecule has 2 fully saturated rings. The van der Waals surface area contributed by atoms with Crippen molar-refractivity contribution in [3.63, 3.8) is 0 Å². The van der Waals surface area contributed by atoms with E-state index in [1.807, 2.05) is 19.4 Å². The van der Waals surface area contributed by atoms with Crippen LogP contribution in [0.15, 0.2) is 12.4 Å². The van der Waals surface area contributed by atoms with Gasteiger partial charge in [0, 0.05) is 25.7 Å². The van der Waals surface area contributed by atoms with Gasteiger partial charge in [-0.2, -0.15) is 5.10 Å². The number of likely N-dealkylation sites (tertiary alicyclic amines) is 1. The predicted octanol–water partition coefficient (Wildman–Crippen LogP) is 1.14. The molecule has 0 aromatic carbocycles. The van der Waals surface area contributed by atoms with E-state index in [0.29, 0.717) is 18.2 Å². The fourth-order valence-corrected chi connectivity index (χ4v) is 3.75. The third-order valence-electron chi connectivity index (χ3n) is 4.86. The van der Waals surface area contributed by atoms with Crippen LogP contribution in [0.3, 0.4) is 0 Å². The topological polar surface area (TPSA) is 50.2 Å². The first kappa shape index (κ1) is 14.7. The number of aryl methyl sites for hydroxylation is 2. The maximum Gasteiger partial charge on any atom is 0.150 e. The van der Waals surface area contributed by atoms with Crippen molar-refractivity contribution >= 4 is 5.78 Å². The second-order valence-corrected chi connectivity index (χ2v) is 6.37. The molecule has 1 unspecified atom stereocenters. The molecule has 0 saturated carbocycles. The molecule has 3 heterocycles. The number of piperidine rings is 1. The number of carbonyl (C=O) groups excluding carboxylic acids is 1. The van der Waals surface area contributed by atoms with E-state index < -0.39 is 0 Å². The van der Waals surface area contributed by atoms with Gasteiger partial charge in [0.05, 0.1) is 12.2 Å². The maximum absolute atomic E-state index is 12.6. The first-order chi connectivity index (χ1) is 10.2. The van der Waals surface area contributed by atoms with E-state index in [1.54, 1.807) is 4.68 Å². The molecule has 1 N–H and O–H groups in total. The lowest BCUT2D eigenvalue weighted by Crippen LogP contribution is -2.47. The van der Waals surface area contributed by atoms with E-state index in [-0.39, 0.29) is 6.04 Å². The molecule has 0 radical (unpaired) electrons. The van der Waals surface area contributed by atoms with Crippen LogP contribution < -0.4 is 5.32 Å². The van der Waals surface area contributed by atoms with Crippen molar-refractivity contribution in [3.05, 3.63) is 18.0 Å². The SMILES string of the molecule is Cn1cc(CCC(=O)C2CCCN2C2CCNCC2)cn1. The number of nitrogens with one attached hydrogen (secondary N) is 1. The zero-order chi connectivity index (χ0) is 14.7. The summed E-state index contributed by atoms with van der Waals surface area (Å²) in [5.74, 6) is 0.426. The molecule has 2 saturated heterocycles. The number of hydrogen-bond acceptors (Lipinski definition) is 4. The van der Waals surface area contributed by atoms with Crippen LogP contribution in [0.5, 0.6) is 0 Å². The Morgan fingerprint density at radius 3 is 2.90 bits per heavy atom. The van der Waals surface area contributed by atoms with Crippen LogP contribution in [-0.4, -0.2) is 52.2 Å². The Labute approximate surface area is 126 Å². The molecule has 21 heavy (non-hydrogen) atoms. The first-order valence-electron chi connectivity index (χ1n) is 8.21. The summed E-state index contributed by atoms with van der Waals surface area (Å²) in [6.07, 6.45) is 9.95. The van der Waals surface area contributed by atoms with Gasteiger partial charge in [-0.1, -0.05) is 0 Å². The Bertz CT molecular complexity index is 478. The number of hydrogen-bond donors (Lipinski definition) is 1. The number of Topliss-reactive ketones (excluding diaryl/α,β-unsaturated/α-hetero) is 1. The molecular formula is C16H26N4O. The summed E-state index contributed by atoms with van der Waals surface area (Å²) in [6, 6.07) is 0.783. The lowest BCUT2D eigenvalue weighted by atomic mass is 9.99. The molecule has 0 aliphatic carbocycles. The van der Waals surface area contributed by atoms with Gasteiger partial charge in [-0.05, 0) is 57.3 Å². The van der Waals surface area contributed by atoms with E-state index in [4.69, 9.17) is 0 Å². The quantitative estimate of drug-likeness (QED) is 0.883. The minimum atomic E-state index is 0.171. The largest absolute Gasteiger partial charge is 0.317 e. The minimum absolute atomic E-state index is 0.171. The Hall–Kier alpha value is -1.20. The highest BCUT2D eigenvalue weighted by atomic mass is 16.1. The van der Waals surface area contributed by atoms with Gasteiger partial charge in [0.25, 0.3) is 0 Å². The second-order valence-electron chi connectivity index (χ2n) is 6.37. The lowest BCUT2D eigenvalue weighted by Gasteiger charge is -2.35. The summed E-state index contributed by atoms with van der Waals surface area (Å²) < 4.78 is 1.80. The van der Waals surface area contributed by atoms with Crippen LogP contribution in [-0.2, 0) is 18.3 Å². The predicted molar refractivity (Wildman–Crippen MR) is 82.2 cm³/mol. The van der Waals surface area contributed by atoms with E-state index in [0.717, 1.165) is 38.0 Å². The summed E-state index contributed by atoms with van der Waals surface area (Å²) >= 11 is 0. The van der Waals surface area contributed by atoms with Gasteiger partial charge in [-0.15, -0.1) is 0 Å². The third-order valence-corrected chi connectivity index (χ3v) is 4.86. The summed E-state index contributed by atoms with van der Waals surface area (Å²) in [7, 11) is 1.92. The monoisotopic (exact) mass is 290 g/mol. The summed E-state index contributed by atoms with van der Waals surface area (Å²) in [6.45, 7) is 3.30. The van der Waals surface area contributed by atoms with Crippen LogP contribution in [0, 0.1) is 0 Å². The number of carbonyl (C=O) groups is 1. The molecule has 0 amide bonds. The highest BCUT2D eigenvalue weighted by Gasteiger charge is 2.35. The second kappa shape index (κ2) is 6.71. The van der Waals surface area contributed by atoms with Crippen molar-refractivity contribution in [2.75, 3.05) is 19.6 Å². The highest BCUT2D eigenvalue weighted by Crippen LogP contribution is 2.26. The molecule has 116 valence electrons. The average molecular weight is 290 g/mol. The van der Waals surface area contributed by atoms with Crippen LogP contribution in [0.1, 0.15) is 37.7 Å². The van der Waals surface area contributed by atoms with E-state index in [1.165, 1.54) is 19.3 Å². The fraction of sp³-hybridized carbons (Fsp3) is 0.750. The van der Waals surface area contributed by atoms with Gasteiger partial charge in [0.2, 0.25) is 0 Å². The standard InChI is InChI=1S/C16H26N4O/c1-19-12-13(11-18-19)4-5-16(21)15-3-2-10-20(15)14-6-8-17-9-7-14/h11-12,14-15,17H,2-10H2,1H3. The van der Waals surface area contributed by atoms with Crippen molar-refractivity contribution < 1.29 is 4.79 Å². The molecule has 5 heteroatoms. The number of rotatable bonds is 5. The molecule has 5 nitrogen and oxygen atoms in total. The third kappa shape index (κ3) is 3.52. The van der Waals surface area contributed by atoms with E-state index in [9.17, 15) is 4.79 Å². The molecule has 1 aromatic heterocycles. The number of ketones is 1. The van der Waals surface area contributed by atoms with Crippen molar-refractivity contribution in [2.45, 2.75) is 50.6 Å². The Balaban J connectivity index is 1.55. The number of aromatic nitrogens is 2. The van der Waals surface area contributed by atoms with Crippen molar-refractivity contribution in [2.24, 2.45) is 7.05 Å². The zero-order valence-electron chi connectivity index (χ0n) is 12.9. The van der Waals surface area contributed by atoms with Gasteiger partial charge in [0.1, 0.15) is 5.78 Å². The van der Waals surface area contributed by atoms with Crippen LogP contribution in [0.25, 0.3) is 0 Å². The summed E-state index contributed by atoms with van der Waals surface area (Å²) in [5.41, 5.74) is 1.16. The van der Waals surface area contributed by atoms with Crippen molar-refractivity contribution in [1.82, 2.24) is 20.0 Å². The van der Waals surface area contributed by atoms with Gasteiger partial charge >= 0.3 is 0 Å².